The van der Waals surface area contributed by atoms with Gasteiger partial charge in [0.25, 0.3) is 0 Å². The molecule has 1 aliphatic heterocycles. The van der Waals surface area contributed by atoms with Gasteiger partial charge in [0.05, 0.1) is 17.6 Å². The lowest BCUT2D eigenvalue weighted by Crippen LogP contribution is -2.32. The molecule has 2 rings (SSSR count). The second kappa shape index (κ2) is 6.66. The molecule has 0 aromatic carbocycles. The molecule has 1 unspecified atom stereocenters. The molecule has 1 aromatic rings. The largest absolute Gasteiger partial charge is 0.376 e. The summed E-state index contributed by atoms with van der Waals surface area (Å²) in [5.41, 5.74) is 0.872. The molecule has 1 atom stereocenters. The first kappa shape index (κ1) is 15.4. The van der Waals surface area contributed by atoms with E-state index in [4.69, 9.17) is 4.74 Å². The van der Waals surface area contributed by atoms with Crippen LogP contribution in [0.25, 0.3) is 0 Å². The van der Waals surface area contributed by atoms with E-state index < -0.39 is 4.92 Å². The molecule has 0 bridgehead atoms. The van der Waals surface area contributed by atoms with Gasteiger partial charge < -0.3 is 10.1 Å². The third kappa shape index (κ3) is 3.78. The van der Waals surface area contributed by atoms with Gasteiger partial charge in [0.1, 0.15) is 11.4 Å². The van der Waals surface area contributed by atoms with E-state index >= 15 is 0 Å². The number of rotatable bonds is 6. The Balaban J connectivity index is 1.83. The standard InChI is InChI=1S/C13H20N4O4/c1-9-13(17(19)20)10(2)16(15-9)6-5-12(18)14-8-11-4-3-7-21-11/h11H,3-8H2,1-2H3,(H,14,18). The lowest BCUT2D eigenvalue weighted by molar-refractivity contribution is -0.386. The molecular formula is C13H20N4O4. The maximum atomic E-state index is 11.8. The van der Waals surface area contributed by atoms with E-state index in [0.29, 0.717) is 24.5 Å². The second-order valence-electron chi connectivity index (χ2n) is 5.19. The quantitative estimate of drug-likeness (QED) is 0.626. The summed E-state index contributed by atoms with van der Waals surface area (Å²) < 4.78 is 6.94. The maximum absolute atomic E-state index is 11.8. The van der Waals surface area contributed by atoms with Gasteiger partial charge >= 0.3 is 5.69 Å². The molecule has 1 amide bonds. The molecule has 1 saturated heterocycles. The topological polar surface area (TPSA) is 99.3 Å². The first-order chi connectivity index (χ1) is 9.99. The number of carbonyl (C=O) groups excluding carboxylic acids is 1. The number of carbonyl (C=O) groups is 1. The highest BCUT2D eigenvalue weighted by atomic mass is 16.6. The van der Waals surface area contributed by atoms with Gasteiger partial charge in [-0.1, -0.05) is 0 Å². The first-order valence-electron chi connectivity index (χ1n) is 7.05. The lowest BCUT2D eigenvalue weighted by atomic mass is 10.2. The van der Waals surface area contributed by atoms with Gasteiger partial charge in [-0.05, 0) is 26.7 Å². The number of hydrogen-bond donors (Lipinski definition) is 1. The average molecular weight is 296 g/mol. The minimum Gasteiger partial charge on any atom is -0.376 e. The molecule has 2 heterocycles. The molecule has 0 aliphatic carbocycles. The highest BCUT2D eigenvalue weighted by Gasteiger charge is 2.22. The summed E-state index contributed by atoms with van der Waals surface area (Å²) in [6.45, 7) is 4.85. The molecule has 0 radical (unpaired) electrons. The molecule has 116 valence electrons. The summed E-state index contributed by atoms with van der Waals surface area (Å²) in [6, 6.07) is 0. The fraction of sp³-hybridized carbons (Fsp3) is 0.692. The molecule has 0 saturated carbocycles. The molecule has 21 heavy (non-hydrogen) atoms. The van der Waals surface area contributed by atoms with Crippen LogP contribution in [-0.2, 0) is 16.1 Å². The van der Waals surface area contributed by atoms with Gasteiger partial charge in [-0.3, -0.25) is 19.6 Å². The van der Waals surface area contributed by atoms with Crippen molar-refractivity contribution in [1.82, 2.24) is 15.1 Å². The zero-order valence-electron chi connectivity index (χ0n) is 12.3. The van der Waals surface area contributed by atoms with Crippen LogP contribution in [0.4, 0.5) is 5.69 Å². The van der Waals surface area contributed by atoms with Gasteiger partial charge in [0.2, 0.25) is 5.91 Å². The van der Waals surface area contributed by atoms with Crippen LogP contribution in [-0.4, -0.2) is 39.9 Å². The molecule has 8 nitrogen and oxygen atoms in total. The number of nitrogens with one attached hydrogen (secondary N) is 1. The maximum Gasteiger partial charge on any atom is 0.312 e. The molecular weight excluding hydrogens is 276 g/mol. The van der Waals surface area contributed by atoms with Crippen LogP contribution >= 0.6 is 0 Å². The smallest absolute Gasteiger partial charge is 0.312 e. The average Bonchev–Trinajstić information content (AvgIpc) is 3.02. The van der Waals surface area contributed by atoms with E-state index in [-0.39, 0.29) is 24.1 Å². The Morgan fingerprint density at radius 3 is 2.90 bits per heavy atom. The summed E-state index contributed by atoms with van der Waals surface area (Å²) in [7, 11) is 0. The minimum absolute atomic E-state index is 0.0229. The lowest BCUT2D eigenvalue weighted by Gasteiger charge is -2.10. The normalized spacial score (nSPS) is 17.9. The van der Waals surface area contributed by atoms with E-state index in [2.05, 4.69) is 10.4 Å². The van der Waals surface area contributed by atoms with Gasteiger partial charge in [0, 0.05) is 19.6 Å². The molecule has 1 aromatic heterocycles. The Hall–Kier alpha value is -1.96. The number of ether oxygens (including phenoxy) is 1. The monoisotopic (exact) mass is 296 g/mol. The van der Waals surface area contributed by atoms with E-state index in [0.717, 1.165) is 19.4 Å². The Morgan fingerprint density at radius 1 is 1.57 bits per heavy atom. The van der Waals surface area contributed by atoms with Crippen LogP contribution < -0.4 is 5.32 Å². The minimum atomic E-state index is -0.439. The van der Waals surface area contributed by atoms with Gasteiger partial charge in [0.15, 0.2) is 0 Å². The zero-order valence-corrected chi connectivity index (χ0v) is 12.3. The van der Waals surface area contributed by atoms with Crippen molar-refractivity contribution in [1.29, 1.82) is 0 Å². The van der Waals surface area contributed by atoms with Gasteiger partial charge in [-0.25, -0.2) is 0 Å². The summed E-state index contributed by atoms with van der Waals surface area (Å²) in [6.07, 6.45) is 2.37. The van der Waals surface area contributed by atoms with Crippen LogP contribution in [0.1, 0.15) is 30.7 Å². The summed E-state index contributed by atoms with van der Waals surface area (Å²) in [4.78, 5) is 22.2. The van der Waals surface area contributed by atoms with Crippen LogP contribution in [0.5, 0.6) is 0 Å². The van der Waals surface area contributed by atoms with Crippen molar-refractivity contribution >= 4 is 11.6 Å². The number of aryl methyl sites for hydroxylation is 2. The van der Waals surface area contributed by atoms with Gasteiger partial charge in [-0.2, -0.15) is 5.10 Å². The van der Waals surface area contributed by atoms with Gasteiger partial charge in [-0.15, -0.1) is 0 Å². The fourth-order valence-electron chi connectivity index (χ4n) is 2.50. The van der Waals surface area contributed by atoms with E-state index in [1.54, 1.807) is 13.8 Å². The van der Waals surface area contributed by atoms with Crippen molar-refractivity contribution in [2.45, 2.75) is 45.8 Å². The van der Waals surface area contributed by atoms with Crippen molar-refractivity contribution in [2.24, 2.45) is 0 Å². The third-order valence-corrected chi connectivity index (χ3v) is 3.63. The molecule has 1 fully saturated rings. The van der Waals surface area contributed by atoms with Crippen LogP contribution in [0.3, 0.4) is 0 Å². The Kier molecular flexibility index (Phi) is 4.89. The SMILES string of the molecule is Cc1nn(CCC(=O)NCC2CCCO2)c(C)c1[N+](=O)[O-]. The predicted octanol–water partition coefficient (Wildman–Crippen LogP) is 1.09. The predicted molar refractivity (Wildman–Crippen MR) is 75.0 cm³/mol. The van der Waals surface area contributed by atoms with Crippen LogP contribution in [0.15, 0.2) is 0 Å². The molecule has 1 N–H and O–H groups in total. The van der Waals surface area contributed by atoms with Crippen molar-refractivity contribution in [3.05, 3.63) is 21.5 Å². The third-order valence-electron chi connectivity index (χ3n) is 3.63. The Bertz CT molecular complexity index is 535. The highest BCUT2D eigenvalue weighted by molar-refractivity contribution is 5.75. The van der Waals surface area contributed by atoms with E-state index in [1.807, 2.05) is 0 Å². The van der Waals surface area contributed by atoms with Crippen molar-refractivity contribution in [2.75, 3.05) is 13.2 Å². The summed E-state index contributed by atoms with van der Waals surface area (Å²) in [5, 5.41) is 17.8. The molecule has 0 spiro atoms. The Morgan fingerprint density at radius 2 is 2.33 bits per heavy atom. The van der Waals surface area contributed by atoms with Crippen molar-refractivity contribution in [3.63, 3.8) is 0 Å². The zero-order chi connectivity index (χ0) is 15.4. The Labute approximate surface area is 122 Å². The van der Waals surface area contributed by atoms with Crippen LogP contribution in [0.2, 0.25) is 0 Å². The summed E-state index contributed by atoms with van der Waals surface area (Å²) in [5.74, 6) is -0.0966. The second-order valence-corrected chi connectivity index (χ2v) is 5.19. The number of hydrogen-bond acceptors (Lipinski definition) is 5. The van der Waals surface area contributed by atoms with Crippen molar-refractivity contribution in [3.8, 4) is 0 Å². The number of nitro groups is 1. The molecule has 1 aliphatic rings. The number of nitrogens with zero attached hydrogens (tertiary/aromatic N) is 3. The van der Waals surface area contributed by atoms with E-state index in [9.17, 15) is 14.9 Å². The van der Waals surface area contributed by atoms with Crippen LogP contribution in [0, 0.1) is 24.0 Å². The van der Waals surface area contributed by atoms with E-state index in [1.165, 1.54) is 4.68 Å². The summed E-state index contributed by atoms with van der Waals surface area (Å²) >= 11 is 0. The highest BCUT2D eigenvalue weighted by Crippen LogP contribution is 2.21. The first-order valence-corrected chi connectivity index (χ1v) is 7.05. The number of amides is 1. The fourth-order valence-corrected chi connectivity index (χ4v) is 2.50. The number of aromatic nitrogens is 2. The van der Waals surface area contributed by atoms with Crippen molar-refractivity contribution < 1.29 is 14.5 Å². The molecule has 8 heteroatoms.